The van der Waals surface area contributed by atoms with Crippen LogP contribution in [0.4, 0.5) is 0 Å². The van der Waals surface area contributed by atoms with Crippen molar-refractivity contribution in [2.24, 2.45) is 11.8 Å². The Morgan fingerprint density at radius 3 is 2.35 bits per heavy atom. The number of rotatable bonds is 12. The first-order chi connectivity index (χ1) is 14.4. The molecule has 0 aromatic heterocycles. The SMILES string of the molecule is C=C[C@H](CO[Si](C)(C)C(C)(C)C)[C@H](O)[C@@]1(C)O[C@@H]1[C@@H](C)COCc1ccc(OC)cc1. The molecular formula is C25H42O5Si. The van der Waals surface area contributed by atoms with Crippen molar-refractivity contribution in [1.82, 2.24) is 0 Å². The first-order valence-electron chi connectivity index (χ1n) is 11.2. The molecule has 0 unspecified atom stereocenters. The molecule has 0 aliphatic carbocycles. The average molecular weight is 451 g/mol. The number of aliphatic hydroxyl groups is 1. The summed E-state index contributed by atoms with van der Waals surface area (Å²) >= 11 is 0. The van der Waals surface area contributed by atoms with Gasteiger partial charge in [-0.1, -0.05) is 45.9 Å². The molecule has 1 aliphatic heterocycles. The minimum atomic E-state index is -1.89. The molecule has 0 amide bonds. The van der Waals surface area contributed by atoms with Crippen molar-refractivity contribution in [3.63, 3.8) is 0 Å². The van der Waals surface area contributed by atoms with Crippen molar-refractivity contribution in [1.29, 1.82) is 0 Å². The summed E-state index contributed by atoms with van der Waals surface area (Å²) < 4.78 is 23.4. The monoisotopic (exact) mass is 450 g/mol. The van der Waals surface area contributed by atoms with Crippen LogP contribution in [0.25, 0.3) is 0 Å². The highest BCUT2D eigenvalue weighted by molar-refractivity contribution is 6.74. The third kappa shape index (κ3) is 6.42. The summed E-state index contributed by atoms with van der Waals surface area (Å²) in [6.07, 6.45) is 1.09. The van der Waals surface area contributed by atoms with Crippen LogP contribution in [0.15, 0.2) is 36.9 Å². The number of hydrogen-bond donors (Lipinski definition) is 1. The molecule has 1 aromatic rings. The van der Waals surface area contributed by atoms with E-state index in [4.69, 9.17) is 18.6 Å². The van der Waals surface area contributed by atoms with Gasteiger partial charge in [0.2, 0.25) is 0 Å². The average Bonchev–Trinajstić information content (AvgIpc) is 3.41. The predicted octanol–water partition coefficient (Wildman–Crippen LogP) is 5.19. The molecule has 1 saturated heterocycles. The Hall–Kier alpha value is -1.18. The third-order valence-corrected chi connectivity index (χ3v) is 11.5. The zero-order valence-corrected chi connectivity index (χ0v) is 21.6. The summed E-state index contributed by atoms with van der Waals surface area (Å²) in [6.45, 7) is 20.7. The molecule has 176 valence electrons. The molecule has 1 N–H and O–H groups in total. The van der Waals surface area contributed by atoms with Crippen molar-refractivity contribution < 1.29 is 23.7 Å². The fourth-order valence-corrected chi connectivity index (χ4v) is 4.61. The van der Waals surface area contributed by atoms with Crippen LogP contribution in [-0.2, 0) is 20.5 Å². The second-order valence-electron chi connectivity index (χ2n) is 10.5. The Labute approximate surface area is 189 Å². The van der Waals surface area contributed by atoms with E-state index in [2.05, 4.69) is 47.4 Å². The lowest BCUT2D eigenvalue weighted by atomic mass is 9.86. The lowest BCUT2D eigenvalue weighted by Crippen LogP contribution is -2.45. The molecule has 31 heavy (non-hydrogen) atoms. The molecule has 0 saturated carbocycles. The van der Waals surface area contributed by atoms with Gasteiger partial charge in [0.25, 0.3) is 0 Å². The number of aliphatic hydroxyl groups excluding tert-OH is 1. The molecule has 2 rings (SSSR count). The topological polar surface area (TPSA) is 60.5 Å². The van der Waals surface area contributed by atoms with Crippen LogP contribution in [-0.4, -0.2) is 51.6 Å². The molecule has 0 radical (unpaired) electrons. The number of methoxy groups -OCH3 is 1. The first kappa shape index (κ1) is 26.1. The summed E-state index contributed by atoms with van der Waals surface area (Å²) in [6, 6.07) is 7.87. The van der Waals surface area contributed by atoms with E-state index < -0.39 is 20.0 Å². The number of hydrogen-bond acceptors (Lipinski definition) is 5. The Kier molecular flexibility index (Phi) is 8.56. The third-order valence-electron chi connectivity index (χ3n) is 6.95. The maximum atomic E-state index is 11.1. The normalized spacial score (nSPS) is 24.4. The molecule has 6 heteroatoms. The summed E-state index contributed by atoms with van der Waals surface area (Å²) in [7, 11) is -0.233. The Balaban J connectivity index is 1.85. The van der Waals surface area contributed by atoms with Gasteiger partial charge in [0, 0.05) is 18.4 Å². The van der Waals surface area contributed by atoms with Gasteiger partial charge >= 0.3 is 0 Å². The lowest BCUT2D eigenvalue weighted by Gasteiger charge is -2.37. The minimum Gasteiger partial charge on any atom is -0.497 e. The molecule has 0 bridgehead atoms. The smallest absolute Gasteiger partial charge is 0.192 e. The zero-order valence-electron chi connectivity index (χ0n) is 20.6. The van der Waals surface area contributed by atoms with Crippen molar-refractivity contribution in [2.75, 3.05) is 20.3 Å². The second kappa shape index (κ2) is 10.2. The molecule has 1 aliphatic rings. The van der Waals surface area contributed by atoms with Crippen LogP contribution in [0.1, 0.15) is 40.2 Å². The molecule has 5 atom stereocenters. The first-order valence-corrected chi connectivity index (χ1v) is 14.1. The largest absolute Gasteiger partial charge is 0.497 e. The maximum absolute atomic E-state index is 11.1. The quantitative estimate of drug-likeness (QED) is 0.270. The lowest BCUT2D eigenvalue weighted by molar-refractivity contribution is 0.0315. The Morgan fingerprint density at radius 1 is 1.23 bits per heavy atom. The van der Waals surface area contributed by atoms with Crippen LogP contribution in [0.5, 0.6) is 5.75 Å². The fourth-order valence-electron chi connectivity index (χ4n) is 3.56. The van der Waals surface area contributed by atoms with Crippen molar-refractivity contribution >= 4 is 8.32 Å². The van der Waals surface area contributed by atoms with Crippen molar-refractivity contribution in [3.05, 3.63) is 42.5 Å². The minimum absolute atomic E-state index is 0.0475. The molecular weight excluding hydrogens is 408 g/mol. The van der Waals surface area contributed by atoms with E-state index >= 15 is 0 Å². The highest BCUT2D eigenvalue weighted by Crippen LogP contribution is 2.46. The molecule has 0 spiro atoms. The second-order valence-corrected chi connectivity index (χ2v) is 15.3. The zero-order chi connectivity index (χ0) is 23.4. The highest BCUT2D eigenvalue weighted by atomic mass is 28.4. The van der Waals surface area contributed by atoms with Crippen molar-refractivity contribution in [2.45, 2.75) is 77.2 Å². The van der Waals surface area contributed by atoms with Crippen LogP contribution in [0.3, 0.4) is 0 Å². The van der Waals surface area contributed by atoms with Gasteiger partial charge < -0.3 is 23.7 Å². The van der Waals surface area contributed by atoms with Gasteiger partial charge in [-0.05, 0) is 42.8 Å². The summed E-state index contributed by atoms with van der Waals surface area (Å²) in [4.78, 5) is 0. The van der Waals surface area contributed by atoms with E-state index in [1.807, 2.05) is 31.2 Å². The molecule has 5 nitrogen and oxygen atoms in total. The van der Waals surface area contributed by atoms with Crippen LogP contribution >= 0.6 is 0 Å². The van der Waals surface area contributed by atoms with Crippen LogP contribution in [0, 0.1) is 11.8 Å². The fraction of sp³-hybridized carbons (Fsp3) is 0.680. The number of benzene rings is 1. The number of ether oxygens (including phenoxy) is 3. The van der Waals surface area contributed by atoms with E-state index in [-0.39, 0.29) is 23.0 Å². The van der Waals surface area contributed by atoms with Gasteiger partial charge in [-0.2, -0.15) is 0 Å². The van der Waals surface area contributed by atoms with E-state index in [0.717, 1.165) is 11.3 Å². The van der Waals surface area contributed by atoms with Gasteiger partial charge in [-0.3, -0.25) is 0 Å². The highest BCUT2D eigenvalue weighted by Gasteiger charge is 2.60. The van der Waals surface area contributed by atoms with Gasteiger partial charge in [-0.15, -0.1) is 6.58 Å². The van der Waals surface area contributed by atoms with Gasteiger partial charge in [-0.25, -0.2) is 0 Å². The van der Waals surface area contributed by atoms with E-state index in [1.165, 1.54) is 0 Å². The molecule has 1 fully saturated rings. The summed E-state index contributed by atoms with van der Waals surface area (Å²) in [5, 5.41) is 11.2. The van der Waals surface area contributed by atoms with Gasteiger partial charge in [0.1, 0.15) is 11.4 Å². The van der Waals surface area contributed by atoms with Gasteiger partial charge in [0.05, 0.1) is 32.5 Å². The van der Waals surface area contributed by atoms with E-state index in [1.54, 1.807) is 13.2 Å². The van der Waals surface area contributed by atoms with E-state index in [9.17, 15) is 5.11 Å². The predicted molar refractivity (Wildman–Crippen MR) is 128 cm³/mol. The standard InChI is InChI=1S/C25H42O5Si/c1-10-20(17-29-31(8,9)24(3,4)5)22(26)25(6)23(30-25)18(2)15-28-16-19-11-13-21(27-7)14-12-19/h10-14,18,20,22-23,26H,1,15-17H2,2-9H3/t18-,20+,22-,23+,25+/m0/s1. The molecule has 1 aromatic carbocycles. The maximum Gasteiger partial charge on any atom is 0.192 e. The number of epoxide rings is 1. The summed E-state index contributed by atoms with van der Waals surface area (Å²) in [5.41, 5.74) is 0.500. The Morgan fingerprint density at radius 2 is 1.84 bits per heavy atom. The van der Waals surface area contributed by atoms with Crippen LogP contribution in [0.2, 0.25) is 18.1 Å². The summed E-state index contributed by atoms with van der Waals surface area (Å²) in [5.74, 6) is 0.837. The van der Waals surface area contributed by atoms with Crippen LogP contribution < -0.4 is 4.74 Å². The van der Waals surface area contributed by atoms with Gasteiger partial charge in [0.15, 0.2) is 8.32 Å². The Bertz CT molecular complexity index is 712. The van der Waals surface area contributed by atoms with E-state index in [0.29, 0.717) is 19.8 Å². The van der Waals surface area contributed by atoms with Crippen molar-refractivity contribution in [3.8, 4) is 5.75 Å². The molecule has 1 heterocycles.